The lowest BCUT2D eigenvalue weighted by Crippen LogP contribution is -2.28. The van der Waals surface area contributed by atoms with E-state index in [1.54, 1.807) is 20.8 Å². The molecule has 1 aliphatic heterocycles. The highest BCUT2D eigenvalue weighted by atomic mass is 16.6. The van der Waals surface area contributed by atoms with Crippen molar-refractivity contribution in [2.45, 2.75) is 38.9 Å². The summed E-state index contributed by atoms with van der Waals surface area (Å²) in [6.07, 6.45) is 3.00. The van der Waals surface area contributed by atoms with Crippen molar-refractivity contribution in [2.75, 3.05) is 29.9 Å². The van der Waals surface area contributed by atoms with E-state index in [2.05, 4.69) is 15.3 Å². The van der Waals surface area contributed by atoms with Gasteiger partial charge in [0, 0.05) is 13.1 Å². The second-order valence-corrected chi connectivity index (χ2v) is 6.46. The molecule has 0 radical (unpaired) electrons. The Morgan fingerprint density at radius 1 is 1.38 bits per heavy atom. The average molecular weight is 338 g/mol. The van der Waals surface area contributed by atoms with Crippen LogP contribution in [0.25, 0.3) is 0 Å². The van der Waals surface area contributed by atoms with Gasteiger partial charge in [0.1, 0.15) is 12.2 Å². The quantitative estimate of drug-likeness (QED) is 0.830. The Labute approximate surface area is 140 Å². The zero-order chi connectivity index (χ0) is 17.7. The minimum atomic E-state index is -0.984. The number of nitrogens with zero attached hydrogens (tertiary/aromatic N) is 3. The summed E-state index contributed by atoms with van der Waals surface area (Å²) in [5.74, 6) is -0.478. The van der Waals surface area contributed by atoms with Crippen LogP contribution in [0.3, 0.4) is 0 Å². The number of carbonyl (C=O) groups excluding carboxylic acids is 1. The number of amides is 1. The fraction of sp³-hybridized carbons (Fsp3) is 0.600. The van der Waals surface area contributed by atoms with Crippen molar-refractivity contribution >= 4 is 23.7 Å². The van der Waals surface area contributed by atoms with Crippen LogP contribution in [0.5, 0.6) is 0 Å². The molecular formula is C15H22N4O5. The van der Waals surface area contributed by atoms with Crippen LogP contribution >= 0.6 is 0 Å². The van der Waals surface area contributed by atoms with E-state index in [0.29, 0.717) is 31.1 Å². The molecule has 1 saturated heterocycles. The molecule has 1 amide bonds. The van der Waals surface area contributed by atoms with Crippen LogP contribution in [-0.2, 0) is 14.3 Å². The van der Waals surface area contributed by atoms with E-state index in [0.717, 1.165) is 0 Å². The molecular weight excluding hydrogens is 316 g/mol. The number of hydrogen-bond acceptors (Lipinski definition) is 7. The van der Waals surface area contributed by atoms with Crippen molar-refractivity contribution < 1.29 is 24.2 Å². The molecule has 24 heavy (non-hydrogen) atoms. The van der Waals surface area contributed by atoms with Crippen molar-refractivity contribution in [2.24, 2.45) is 0 Å². The molecule has 0 bridgehead atoms. The normalized spacial score (nSPS) is 17.6. The molecule has 2 N–H and O–H groups in total. The van der Waals surface area contributed by atoms with Crippen LogP contribution in [0.15, 0.2) is 12.4 Å². The summed E-state index contributed by atoms with van der Waals surface area (Å²) in [6.45, 7) is 6.25. The van der Waals surface area contributed by atoms with E-state index in [9.17, 15) is 9.59 Å². The lowest BCUT2D eigenvalue weighted by Gasteiger charge is -2.20. The average Bonchev–Trinajstić information content (AvgIpc) is 2.92. The Morgan fingerprint density at radius 3 is 2.62 bits per heavy atom. The van der Waals surface area contributed by atoms with Gasteiger partial charge < -0.3 is 19.5 Å². The summed E-state index contributed by atoms with van der Waals surface area (Å²) in [5, 5.41) is 11.2. The molecule has 0 aliphatic carbocycles. The molecule has 0 aromatic carbocycles. The van der Waals surface area contributed by atoms with Crippen molar-refractivity contribution in [1.29, 1.82) is 0 Å². The number of nitrogens with one attached hydrogen (secondary N) is 1. The van der Waals surface area contributed by atoms with Crippen LogP contribution in [0.1, 0.15) is 27.2 Å². The number of carbonyl (C=O) groups is 2. The van der Waals surface area contributed by atoms with Gasteiger partial charge in [-0.25, -0.2) is 19.6 Å². The number of rotatable bonds is 5. The van der Waals surface area contributed by atoms with E-state index >= 15 is 0 Å². The Hall–Kier alpha value is -2.42. The van der Waals surface area contributed by atoms with Gasteiger partial charge in [-0.05, 0) is 27.2 Å². The first-order valence-corrected chi connectivity index (χ1v) is 7.63. The summed E-state index contributed by atoms with van der Waals surface area (Å²) in [6, 6.07) is 0. The first-order chi connectivity index (χ1) is 11.2. The van der Waals surface area contributed by atoms with Crippen LogP contribution < -0.4 is 10.2 Å². The molecule has 9 heteroatoms. The standard InChI is InChI=1S/C15H22N4O5/c1-15(2,3)24-14(22)18-10-6-16-13(17-7-10)19-5-4-11(8-19)23-9-12(20)21/h6-7,11H,4-5,8-9H2,1-3H3,(H,18,22)(H,20,21). The molecule has 0 saturated carbocycles. The number of aliphatic carboxylic acids is 1. The number of carboxylic acid groups (broad SMARTS) is 1. The largest absolute Gasteiger partial charge is 0.480 e. The summed E-state index contributed by atoms with van der Waals surface area (Å²) in [5.41, 5.74) is -0.142. The van der Waals surface area contributed by atoms with Crippen molar-refractivity contribution in [1.82, 2.24) is 9.97 Å². The molecule has 9 nitrogen and oxygen atoms in total. The first-order valence-electron chi connectivity index (χ1n) is 7.63. The summed E-state index contributed by atoms with van der Waals surface area (Å²) < 4.78 is 10.4. The number of aromatic nitrogens is 2. The molecule has 132 valence electrons. The molecule has 1 atom stereocenters. The molecule has 2 heterocycles. The second-order valence-electron chi connectivity index (χ2n) is 6.46. The van der Waals surface area contributed by atoms with Gasteiger partial charge in [-0.2, -0.15) is 0 Å². The third kappa shape index (κ3) is 5.65. The van der Waals surface area contributed by atoms with Crippen molar-refractivity contribution in [3.8, 4) is 0 Å². The Kier molecular flexibility index (Phi) is 5.55. The predicted octanol–water partition coefficient (Wildman–Crippen LogP) is 1.50. The Morgan fingerprint density at radius 2 is 2.04 bits per heavy atom. The van der Waals surface area contributed by atoms with Gasteiger partial charge in [-0.3, -0.25) is 5.32 Å². The second kappa shape index (κ2) is 7.43. The van der Waals surface area contributed by atoms with Gasteiger partial charge in [0.15, 0.2) is 0 Å². The van der Waals surface area contributed by atoms with Gasteiger partial charge >= 0.3 is 12.1 Å². The Balaban J connectivity index is 1.86. The predicted molar refractivity (Wildman–Crippen MR) is 86.1 cm³/mol. The fourth-order valence-electron chi connectivity index (χ4n) is 2.21. The number of carboxylic acids is 1. The van der Waals surface area contributed by atoms with Crippen LogP contribution in [0.4, 0.5) is 16.4 Å². The van der Waals surface area contributed by atoms with Gasteiger partial charge in [-0.15, -0.1) is 0 Å². The summed E-state index contributed by atoms with van der Waals surface area (Å²) in [7, 11) is 0. The molecule has 1 aromatic rings. The minimum absolute atomic E-state index is 0.149. The lowest BCUT2D eigenvalue weighted by molar-refractivity contribution is -0.143. The van der Waals surface area contributed by atoms with E-state index < -0.39 is 17.7 Å². The topological polar surface area (TPSA) is 114 Å². The van der Waals surface area contributed by atoms with Gasteiger partial charge in [-0.1, -0.05) is 0 Å². The smallest absolute Gasteiger partial charge is 0.412 e. The van der Waals surface area contributed by atoms with E-state index in [4.69, 9.17) is 14.6 Å². The molecule has 1 unspecified atom stereocenters. The lowest BCUT2D eigenvalue weighted by atomic mass is 10.2. The Bertz CT molecular complexity index is 585. The van der Waals surface area contributed by atoms with E-state index in [1.165, 1.54) is 12.4 Å². The third-order valence-electron chi connectivity index (χ3n) is 3.15. The summed E-state index contributed by atoms with van der Waals surface area (Å²) >= 11 is 0. The maximum absolute atomic E-state index is 11.7. The highest BCUT2D eigenvalue weighted by Gasteiger charge is 2.25. The van der Waals surface area contributed by atoms with Crippen molar-refractivity contribution in [3.05, 3.63) is 12.4 Å². The van der Waals surface area contributed by atoms with Crippen LogP contribution in [0, 0.1) is 0 Å². The number of hydrogen-bond donors (Lipinski definition) is 2. The monoisotopic (exact) mass is 338 g/mol. The van der Waals surface area contributed by atoms with Crippen LogP contribution in [0.2, 0.25) is 0 Å². The van der Waals surface area contributed by atoms with Gasteiger partial charge in [0.25, 0.3) is 0 Å². The first kappa shape index (κ1) is 17.9. The van der Waals surface area contributed by atoms with E-state index in [1.807, 2.05) is 4.90 Å². The SMILES string of the molecule is CC(C)(C)OC(=O)Nc1cnc(N2CCC(OCC(=O)O)C2)nc1. The summed E-state index contributed by atoms with van der Waals surface area (Å²) in [4.78, 5) is 32.5. The molecule has 2 rings (SSSR count). The maximum atomic E-state index is 11.7. The number of ether oxygens (including phenoxy) is 2. The molecule has 1 aromatic heterocycles. The number of anilines is 2. The van der Waals surface area contributed by atoms with Gasteiger partial charge in [0.2, 0.25) is 5.95 Å². The molecule has 1 aliphatic rings. The zero-order valence-corrected chi connectivity index (χ0v) is 14.0. The minimum Gasteiger partial charge on any atom is -0.480 e. The molecule has 0 spiro atoms. The highest BCUT2D eigenvalue weighted by Crippen LogP contribution is 2.19. The highest BCUT2D eigenvalue weighted by molar-refractivity contribution is 5.84. The third-order valence-corrected chi connectivity index (χ3v) is 3.15. The van der Waals surface area contributed by atoms with Crippen molar-refractivity contribution in [3.63, 3.8) is 0 Å². The van der Waals surface area contributed by atoms with Gasteiger partial charge in [0.05, 0.1) is 24.2 Å². The fourth-order valence-corrected chi connectivity index (χ4v) is 2.21. The maximum Gasteiger partial charge on any atom is 0.412 e. The van der Waals surface area contributed by atoms with Crippen LogP contribution in [-0.4, -0.2) is 58.5 Å². The van der Waals surface area contributed by atoms with E-state index in [-0.39, 0.29) is 12.7 Å². The zero-order valence-electron chi connectivity index (χ0n) is 14.0. The molecule has 1 fully saturated rings.